The molecule has 1 fully saturated rings. The highest BCUT2D eigenvalue weighted by molar-refractivity contribution is 7.13. The largest absolute Gasteiger partial charge is 0.376 e. The van der Waals surface area contributed by atoms with E-state index in [1.807, 2.05) is 48.7 Å². The Bertz CT molecular complexity index is 1250. The molecule has 174 valence electrons. The maximum Gasteiger partial charge on any atom is 0.271 e. The van der Waals surface area contributed by atoms with Crippen LogP contribution in [0.2, 0.25) is 0 Å². The van der Waals surface area contributed by atoms with E-state index in [1.54, 1.807) is 16.3 Å². The van der Waals surface area contributed by atoms with Crippen molar-refractivity contribution in [3.63, 3.8) is 0 Å². The zero-order chi connectivity index (χ0) is 23.3. The van der Waals surface area contributed by atoms with Gasteiger partial charge in [0.1, 0.15) is 10.7 Å². The molecular formula is C26H27N5O2S. The highest BCUT2D eigenvalue weighted by Crippen LogP contribution is 2.24. The zero-order valence-corrected chi connectivity index (χ0v) is 19.9. The molecule has 3 heterocycles. The third-order valence-electron chi connectivity index (χ3n) is 5.76. The molecule has 5 rings (SSSR count). The topological polar surface area (TPSA) is 72.3 Å². The van der Waals surface area contributed by atoms with E-state index >= 15 is 0 Å². The molecule has 0 saturated carbocycles. The molecule has 0 radical (unpaired) electrons. The maximum absolute atomic E-state index is 12.7. The Morgan fingerprint density at radius 2 is 2.03 bits per heavy atom. The third kappa shape index (κ3) is 5.41. The number of morpholine rings is 1. The number of rotatable bonds is 7. The molecule has 34 heavy (non-hydrogen) atoms. The molecule has 1 saturated heterocycles. The number of hydrogen-bond acceptors (Lipinski definition) is 6. The number of ether oxygens (including phenoxy) is 1. The molecule has 1 unspecified atom stereocenters. The molecular weight excluding hydrogens is 446 g/mol. The molecule has 1 amide bonds. The monoisotopic (exact) mass is 473 g/mol. The second-order valence-corrected chi connectivity index (χ2v) is 9.32. The van der Waals surface area contributed by atoms with Crippen molar-refractivity contribution in [2.24, 2.45) is 0 Å². The second-order valence-electron chi connectivity index (χ2n) is 8.47. The molecule has 1 atom stereocenters. The van der Waals surface area contributed by atoms with Crippen LogP contribution in [0.4, 0.5) is 0 Å². The Hall–Kier alpha value is -3.33. The number of carbonyl (C=O) groups excluding carboxylic acids is 1. The summed E-state index contributed by atoms with van der Waals surface area (Å²) in [5.74, 6) is -0.176. The van der Waals surface area contributed by atoms with Gasteiger partial charge in [0.05, 0.1) is 24.6 Å². The van der Waals surface area contributed by atoms with Gasteiger partial charge in [0.15, 0.2) is 0 Å². The van der Waals surface area contributed by atoms with Gasteiger partial charge in [-0.25, -0.2) is 9.67 Å². The SMILES string of the molecule is CC1CN(Cc2cccc(CNC(=O)c3csc(-c4cnn(-c5ccccc5)c4)n3)c2)CCO1. The number of amides is 1. The van der Waals surface area contributed by atoms with E-state index in [0.29, 0.717) is 12.2 Å². The minimum Gasteiger partial charge on any atom is -0.376 e. The van der Waals surface area contributed by atoms with Crippen LogP contribution in [0.1, 0.15) is 28.5 Å². The highest BCUT2D eigenvalue weighted by Gasteiger charge is 2.17. The van der Waals surface area contributed by atoms with Crippen molar-refractivity contribution >= 4 is 17.2 Å². The summed E-state index contributed by atoms with van der Waals surface area (Å²) in [6.07, 6.45) is 3.97. The number of nitrogens with one attached hydrogen (secondary N) is 1. The first-order chi connectivity index (χ1) is 16.6. The number of para-hydroxylation sites is 1. The molecule has 2 aromatic heterocycles. The number of aromatic nitrogens is 3. The molecule has 4 aromatic rings. The van der Waals surface area contributed by atoms with Crippen molar-refractivity contribution in [3.05, 3.63) is 89.2 Å². The van der Waals surface area contributed by atoms with E-state index in [-0.39, 0.29) is 12.0 Å². The number of carbonyl (C=O) groups is 1. The first kappa shape index (κ1) is 22.5. The van der Waals surface area contributed by atoms with E-state index in [4.69, 9.17) is 4.74 Å². The first-order valence-electron chi connectivity index (χ1n) is 11.4. The fourth-order valence-electron chi connectivity index (χ4n) is 4.07. The summed E-state index contributed by atoms with van der Waals surface area (Å²) in [4.78, 5) is 19.7. The summed E-state index contributed by atoms with van der Waals surface area (Å²) in [6.45, 7) is 6.13. The molecule has 1 aliphatic heterocycles. The fourth-order valence-corrected chi connectivity index (χ4v) is 4.84. The quantitative estimate of drug-likeness (QED) is 0.437. The Morgan fingerprint density at radius 1 is 1.18 bits per heavy atom. The summed E-state index contributed by atoms with van der Waals surface area (Å²) in [7, 11) is 0. The van der Waals surface area contributed by atoms with Gasteiger partial charge in [-0.1, -0.05) is 42.5 Å². The van der Waals surface area contributed by atoms with Gasteiger partial charge < -0.3 is 10.1 Å². The summed E-state index contributed by atoms with van der Waals surface area (Å²) >= 11 is 1.44. The van der Waals surface area contributed by atoms with Crippen LogP contribution in [0.15, 0.2) is 72.4 Å². The standard InChI is InChI=1S/C26H27N5O2S/c1-19-15-30(10-11-33-19)16-21-7-5-6-20(12-21)13-27-25(32)24-18-34-26(29-24)22-14-28-31(17-22)23-8-3-2-4-9-23/h2-9,12,14,17-19H,10-11,13,15-16H2,1H3,(H,27,32). The maximum atomic E-state index is 12.7. The van der Waals surface area contributed by atoms with Crippen molar-refractivity contribution in [1.29, 1.82) is 0 Å². The van der Waals surface area contributed by atoms with E-state index in [9.17, 15) is 4.79 Å². The van der Waals surface area contributed by atoms with Crippen LogP contribution in [0.3, 0.4) is 0 Å². The lowest BCUT2D eigenvalue weighted by atomic mass is 10.1. The Morgan fingerprint density at radius 3 is 2.88 bits per heavy atom. The van der Waals surface area contributed by atoms with Gasteiger partial charge in [-0.3, -0.25) is 9.69 Å². The van der Waals surface area contributed by atoms with Crippen LogP contribution in [0.25, 0.3) is 16.3 Å². The van der Waals surface area contributed by atoms with E-state index in [2.05, 4.69) is 39.4 Å². The lowest BCUT2D eigenvalue weighted by Gasteiger charge is -2.31. The van der Waals surface area contributed by atoms with Crippen molar-refractivity contribution in [3.8, 4) is 16.3 Å². The van der Waals surface area contributed by atoms with Crippen LogP contribution in [0.5, 0.6) is 0 Å². The molecule has 2 aromatic carbocycles. The zero-order valence-electron chi connectivity index (χ0n) is 19.1. The third-order valence-corrected chi connectivity index (χ3v) is 6.65. The molecule has 0 aliphatic carbocycles. The van der Waals surface area contributed by atoms with Crippen LogP contribution < -0.4 is 5.32 Å². The average Bonchev–Trinajstić information content (AvgIpc) is 3.54. The minimum atomic E-state index is -0.176. The van der Waals surface area contributed by atoms with Crippen molar-refractivity contribution < 1.29 is 9.53 Å². The Balaban J connectivity index is 1.19. The molecule has 1 N–H and O–H groups in total. The molecule has 0 spiro atoms. The predicted molar refractivity (Wildman–Crippen MR) is 133 cm³/mol. The summed E-state index contributed by atoms with van der Waals surface area (Å²) in [5, 5.41) is 9.98. The average molecular weight is 474 g/mol. The summed E-state index contributed by atoms with van der Waals surface area (Å²) in [6, 6.07) is 18.3. The lowest BCUT2D eigenvalue weighted by Crippen LogP contribution is -2.40. The van der Waals surface area contributed by atoms with Crippen molar-refractivity contribution in [2.45, 2.75) is 26.1 Å². The van der Waals surface area contributed by atoms with E-state index in [1.165, 1.54) is 16.9 Å². The summed E-state index contributed by atoms with van der Waals surface area (Å²) < 4.78 is 7.44. The van der Waals surface area contributed by atoms with Crippen LogP contribution in [-0.4, -0.2) is 51.4 Å². The number of benzene rings is 2. The summed E-state index contributed by atoms with van der Waals surface area (Å²) in [5.41, 5.74) is 4.61. The number of hydrogen-bond donors (Lipinski definition) is 1. The second kappa shape index (κ2) is 10.3. The van der Waals surface area contributed by atoms with Crippen LogP contribution in [-0.2, 0) is 17.8 Å². The predicted octanol–water partition coefficient (Wildman–Crippen LogP) is 4.15. The first-order valence-corrected chi connectivity index (χ1v) is 12.3. The fraction of sp³-hybridized carbons (Fsp3) is 0.269. The van der Waals surface area contributed by atoms with Crippen molar-refractivity contribution in [2.75, 3.05) is 19.7 Å². The molecule has 8 heteroatoms. The van der Waals surface area contributed by atoms with Gasteiger partial charge >= 0.3 is 0 Å². The minimum absolute atomic E-state index is 0.176. The van der Waals surface area contributed by atoms with Gasteiger partial charge in [0.2, 0.25) is 0 Å². The van der Waals surface area contributed by atoms with Crippen LogP contribution >= 0.6 is 11.3 Å². The number of nitrogens with zero attached hydrogens (tertiary/aromatic N) is 4. The van der Waals surface area contributed by atoms with Gasteiger partial charge in [-0.15, -0.1) is 11.3 Å². The highest BCUT2D eigenvalue weighted by atomic mass is 32.1. The van der Waals surface area contributed by atoms with Gasteiger partial charge in [0, 0.05) is 43.3 Å². The molecule has 1 aliphatic rings. The van der Waals surface area contributed by atoms with E-state index in [0.717, 1.165) is 48.1 Å². The van der Waals surface area contributed by atoms with E-state index < -0.39 is 0 Å². The van der Waals surface area contributed by atoms with Gasteiger partial charge in [-0.05, 0) is 30.2 Å². The van der Waals surface area contributed by atoms with Gasteiger partial charge in [-0.2, -0.15) is 5.10 Å². The smallest absolute Gasteiger partial charge is 0.271 e. The normalized spacial score (nSPS) is 16.4. The Kier molecular flexibility index (Phi) is 6.80. The molecule has 7 nitrogen and oxygen atoms in total. The van der Waals surface area contributed by atoms with Crippen molar-refractivity contribution in [1.82, 2.24) is 25.0 Å². The lowest BCUT2D eigenvalue weighted by molar-refractivity contribution is -0.0212. The number of thiazole rings is 1. The van der Waals surface area contributed by atoms with Crippen LogP contribution in [0, 0.1) is 0 Å². The Labute approximate surface area is 203 Å². The molecule has 0 bridgehead atoms. The van der Waals surface area contributed by atoms with Gasteiger partial charge in [0.25, 0.3) is 5.91 Å².